The van der Waals surface area contributed by atoms with Crippen molar-refractivity contribution >= 4 is 24.3 Å². The zero-order valence-corrected chi connectivity index (χ0v) is 7.49. The van der Waals surface area contributed by atoms with E-state index in [1.54, 1.807) is 25.3 Å². The van der Waals surface area contributed by atoms with E-state index in [0.29, 0.717) is 5.46 Å². The zero-order valence-electron chi connectivity index (χ0n) is 7.49. The molecule has 0 aliphatic carbocycles. The third kappa shape index (κ3) is 1.91. The Morgan fingerprint density at radius 3 is 2.62 bits per heavy atom. The van der Waals surface area contributed by atoms with E-state index in [1.165, 1.54) is 0 Å². The van der Waals surface area contributed by atoms with Crippen molar-refractivity contribution in [1.82, 2.24) is 0 Å². The number of hydrogen-bond acceptors (Lipinski definition) is 3. The van der Waals surface area contributed by atoms with Gasteiger partial charge in [0, 0.05) is 12.7 Å². The first-order valence-electron chi connectivity index (χ1n) is 4.00. The van der Waals surface area contributed by atoms with E-state index in [1.807, 2.05) is 6.07 Å². The highest BCUT2D eigenvalue weighted by Crippen LogP contribution is 2.13. The monoisotopic (exact) mass is 177 g/mol. The molecule has 0 amide bonds. The van der Waals surface area contributed by atoms with Crippen molar-refractivity contribution in [3.63, 3.8) is 0 Å². The summed E-state index contributed by atoms with van der Waals surface area (Å²) in [6.07, 6.45) is 1.60. The number of hydrogen-bond donors (Lipinski definition) is 3. The van der Waals surface area contributed by atoms with Gasteiger partial charge < -0.3 is 15.4 Å². The minimum atomic E-state index is -1.46. The molecule has 0 bridgehead atoms. The summed E-state index contributed by atoms with van der Waals surface area (Å²) < 4.78 is 0. The van der Waals surface area contributed by atoms with E-state index in [-0.39, 0.29) is 0 Å². The molecule has 0 heterocycles. The SMILES string of the molecule is C=Cc1c(NC)cccc1B(O)O. The molecular formula is C9H12BNO2. The van der Waals surface area contributed by atoms with Crippen LogP contribution in [0.15, 0.2) is 24.8 Å². The van der Waals surface area contributed by atoms with Crippen molar-refractivity contribution in [1.29, 1.82) is 0 Å². The lowest BCUT2D eigenvalue weighted by Crippen LogP contribution is -2.32. The first-order valence-corrected chi connectivity index (χ1v) is 4.00. The molecule has 1 rings (SSSR count). The first-order chi connectivity index (χ1) is 6.20. The zero-order chi connectivity index (χ0) is 9.84. The van der Waals surface area contributed by atoms with Crippen LogP contribution >= 0.6 is 0 Å². The Balaban J connectivity index is 3.27. The lowest BCUT2D eigenvalue weighted by atomic mass is 9.76. The molecule has 0 aliphatic heterocycles. The van der Waals surface area contributed by atoms with Crippen LogP contribution in [0.4, 0.5) is 5.69 Å². The molecule has 0 aromatic heterocycles. The maximum atomic E-state index is 9.04. The average Bonchev–Trinajstić information content (AvgIpc) is 2.16. The highest BCUT2D eigenvalue weighted by molar-refractivity contribution is 6.59. The summed E-state index contributed by atoms with van der Waals surface area (Å²) >= 11 is 0. The summed E-state index contributed by atoms with van der Waals surface area (Å²) in [7, 11) is 0.317. The van der Waals surface area contributed by atoms with Crippen LogP contribution in [0.2, 0.25) is 0 Å². The van der Waals surface area contributed by atoms with Gasteiger partial charge in [0.15, 0.2) is 0 Å². The van der Waals surface area contributed by atoms with Crippen molar-refractivity contribution in [3.8, 4) is 0 Å². The van der Waals surface area contributed by atoms with Crippen LogP contribution in [0.5, 0.6) is 0 Å². The molecule has 0 radical (unpaired) electrons. The Labute approximate surface area is 77.9 Å². The minimum absolute atomic E-state index is 0.460. The smallest absolute Gasteiger partial charge is 0.423 e. The van der Waals surface area contributed by atoms with Crippen LogP contribution in [-0.2, 0) is 0 Å². The molecule has 0 saturated heterocycles. The second-order valence-corrected chi connectivity index (χ2v) is 2.64. The Hall–Kier alpha value is -1.26. The summed E-state index contributed by atoms with van der Waals surface area (Å²) in [6, 6.07) is 5.26. The van der Waals surface area contributed by atoms with Crippen LogP contribution in [0, 0.1) is 0 Å². The highest BCUT2D eigenvalue weighted by Gasteiger charge is 2.15. The Morgan fingerprint density at radius 1 is 1.46 bits per heavy atom. The second-order valence-electron chi connectivity index (χ2n) is 2.64. The second kappa shape index (κ2) is 4.12. The van der Waals surface area contributed by atoms with E-state index in [9.17, 15) is 0 Å². The van der Waals surface area contributed by atoms with Gasteiger partial charge in [0.2, 0.25) is 0 Å². The Bertz CT molecular complexity index is 312. The van der Waals surface area contributed by atoms with Crippen LogP contribution in [0.3, 0.4) is 0 Å². The van der Waals surface area contributed by atoms with Gasteiger partial charge in [-0.15, -0.1) is 0 Å². The van der Waals surface area contributed by atoms with Crippen molar-refractivity contribution in [2.45, 2.75) is 0 Å². The van der Waals surface area contributed by atoms with Crippen molar-refractivity contribution in [3.05, 3.63) is 30.3 Å². The van der Waals surface area contributed by atoms with Gasteiger partial charge in [0.1, 0.15) is 0 Å². The summed E-state index contributed by atoms with van der Waals surface area (Å²) in [5.74, 6) is 0. The summed E-state index contributed by atoms with van der Waals surface area (Å²) in [6.45, 7) is 3.62. The fourth-order valence-corrected chi connectivity index (χ4v) is 1.25. The highest BCUT2D eigenvalue weighted by atomic mass is 16.4. The molecule has 0 atom stereocenters. The Morgan fingerprint density at radius 2 is 2.15 bits per heavy atom. The van der Waals surface area contributed by atoms with Crippen LogP contribution in [-0.4, -0.2) is 24.2 Å². The molecule has 0 fully saturated rings. The summed E-state index contributed by atoms with van der Waals surface area (Å²) in [5.41, 5.74) is 2.02. The maximum absolute atomic E-state index is 9.04. The quantitative estimate of drug-likeness (QED) is 0.572. The molecular weight excluding hydrogens is 165 g/mol. The van der Waals surface area contributed by atoms with Gasteiger partial charge in [-0.2, -0.15) is 0 Å². The maximum Gasteiger partial charge on any atom is 0.489 e. The number of rotatable bonds is 3. The van der Waals surface area contributed by atoms with Gasteiger partial charge in [0.25, 0.3) is 0 Å². The fourth-order valence-electron chi connectivity index (χ4n) is 1.25. The van der Waals surface area contributed by atoms with Gasteiger partial charge in [-0.25, -0.2) is 0 Å². The van der Waals surface area contributed by atoms with E-state index in [4.69, 9.17) is 10.0 Å². The van der Waals surface area contributed by atoms with Crippen molar-refractivity contribution in [2.24, 2.45) is 0 Å². The van der Waals surface area contributed by atoms with Gasteiger partial charge in [-0.3, -0.25) is 0 Å². The first kappa shape index (κ1) is 9.83. The molecule has 0 saturated carbocycles. The van der Waals surface area contributed by atoms with Gasteiger partial charge in [-0.1, -0.05) is 24.8 Å². The third-order valence-electron chi connectivity index (χ3n) is 1.89. The topological polar surface area (TPSA) is 52.5 Å². The molecule has 3 N–H and O–H groups in total. The molecule has 1 aromatic carbocycles. The number of anilines is 1. The number of benzene rings is 1. The Kier molecular flexibility index (Phi) is 3.11. The summed E-state index contributed by atoms with van der Waals surface area (Å²) in [4.78, 5) is 0. The molecule has 4 heteroatoms. The van der Waals surface area contributed by atoms with Crippen LogP contribution < -0.4 is 10.8 Å². The van der Waals surface area contributed by atoms with Crippen LogP contribution in [0.1, 0.15) is 5.56 Å². The van der Waals surface area contributed by atoms with E-state index < -0.39 is 7.12 Å². The van der Waals surface area contributed by atoms with E-state index >= 15 is 0 Å². The predicted octanol–water partition coefficient (Wildman–Crippen LogP) is 0.0511. The lowest BCUT2D eigenvalue weighted by molar-refractivity contribution is 0.425. The van der Waals surface area contributed by atoms with Gasteiger partial charge in [0.05, 0.1) is 0 Å². The minimum Gasteiger partial charge on any atom is -0.423 e. The standard InChI is InChI=1S/C9H12BNO2/c1-3-7-8(10(12)13)5-4-6-9(7)11-2/h3-6,11-13H,1H2,2H3. The van der Waals surface area contributed by atoms with E-state index in [0.717, 1.165) is 11.3 Å². The predicted molar refractivity (Wildman–Crippen MR) is 55.9 cm³/mol. The molecule has 1 aromatic rings. The fraction of sp³-hybridized carbons (Fsp3) is 0.111. The average molecular weight is 177 g/mol. The van der Waals surface area contributed by atoms with Gasteiger partial charge in [-0.05, 0) is 17.1 Å². The normalized spacial score (nSPS) is 9.46. The molecule has 3 nitrogen and oxygen atoms in total. The largest absolute Gasteiger partial charge is 0.489 e. The van der Waals surface area contributed by atoms with E-state index in [2.05, 4.69) is 11.9 Å². The molecule has 0 spiro atoms. The number of nitrogens with one attached hydrogen (secondary N) is 1. The third-order valence-corrected chi connectivity index (χ3v) is 1.89. The lowest BCUT2D eigenvalue weighted by Gasteiger charge is -2.10. The van der Waals surface area contributed by atoms with Crippen molar-refractivity contribution < 1.29 is 10.0 Å². The van der Waals surface area contributed by atoms with Gasteiger partial charge >= 0.3 is 7.12 Å². The molecule has 0 aliphatic rings. The van der Waals surface area contributed by atoms with Crippen molar-refractivity contribution in [2.75, 3.05) is 12.4 Å². The molecule has 13 heavy (non-hydrogen) atoms. The summed E-state index contributed by atoms with van der Waals surface area (Å²) in [5, 5.41) is 21.0. The molecule has 68 valence electrons. The van der Waals surface area contributed by atoms with Crippen LogP contribution in [0.25, 0.3) is 6.08 Å². The molecule has 0 unspecified atom stereocenters.